The summed E-state index contributed by atoms with van der Waals surface area (Å²) in [5, 5.41) is 48.1. The lowest BCUT2D eigenvalue weighted by Gasteiger charge is -2.29. The lowest BCUT2D eigenvalue weighted by Crippen LogP contribution is -2.41. The Hall–Kier alpha value is -3.01. The molecule has 2 aromatic carbocycles. The van der Waals surface area contributed by atoms with E-state index in [-0.39, 0.29) is 31.1 Å². The van der Waals surface area contributed by atoms with Crippen molar-refractivity contribution in [1.29, 1.82) is 0 Å². The van der Waals surface area contributed by atoms with E-state index in [1.54, 1.807) is 24.3 Å². The summed E-state index contributed by atoms with van der Waals surface area (Å²) in [7, 11) is 2.91. The number of phenolic OH excluding ortho intramolecular Hbond substituents is 2. The second-order valence-electron chi connectivity index (χ2n) is 7.26. The Balaban J connectivity index is 0.000000785. The number of methoxy groups -OCH3 is 2. The molecule has 0 unspecified atom stereocenters. The summed E-state index contributed by atoms with van der Waals surface area (Å²) < 4.78 is 16.1. The van der Waals surface area contributed by atoms with Crippen molar-refractivity contribution in [2.24, 2.45) is 5.92 Å². The van der Waals surface area contributed by atoms with Gasteiger partial charge in [-0.1, -0.05) is 12.1 Å². The lowest BCUT2D eigenvalue weighted by molar-refractivity contribution is -0.134. The molecule has 0 bridgehead atoms. The summed E-state index contributed by atoms with van der Waals surface area (Å²) in [5.74, 6) is -0.775. The third kappa shape index (κ3) is 5.78. The van der Waals surface area contributed by atoms with Crippen LogP contribution in [0.4, 0.5) is 0 Å². The minimum atomic E-state index is -1.30. The molecule has 0 aliphatic carbocycles. The highest BCUT2D eigenvalue weighted by Gasteiger charge is 2.49. The van der Waals surface area contributed by atoms with Gasteiger partial charge in [0.05, 0.1) is 39.1 Å². The lowest BCUT2D eigenvalue weighted by atomic mass is 9.80. The zero-order valence-electron chi connectivity index (χ0n) is 17.6. The largest absolute Gasteiger partial charge is 0.504 e. The first-order valence-electron chi connectivity index (χ1n) is 9.52. The maximum atomic E-state index is 11.2. The van der Waals surface area contributed by atoms with Crippen molar-refractivity contribution in [3.63, 3.8) is 0 Å². The molecule has 1 fully saturated rings. The van der Waals surface area contributed by atoms with Crippen LogP contribution in [0.3, 0.4) is 0 Å². The Morgan fingerprint density at radius 1 is 1.10 bits per heavy atom. The third-order valence-electron chi connectivity index (χ3n) is 5.05. The van der Waals surface area contributed by atoms with Gasteiger partial charge in [0.2, 0.25) is 0 Å². The molecule has 0 aromatic heterocycles. The number of carbonyl (C=O) groups is 1. The minimum Gasteiger partial charge on any atom is -0.504 e. The fourth-order valence-electron chi connectivity index (χ4n) is 3.57. The highest BCUT2D eigenvalue weighted by molar-refractivity contribution is 5.63. The smallest absolute Gasteiger partial charge is 0.300 e. The number of hydrogen-bond donors (Lipinski definition) is 5. The van der Waals surface area contributed by atoms with E-state index in [1.165, 1.54) is 26.4 Å². The number of aliphatic hydroxyl groups is 2. The molecular weight excluding hydrogens is 408 g/mol. The van der Waals surface area contributed by atoms with Gasteiger partial charge in [0.1, 0.15) is 0 Å². The summed E-state index contributed by atoms with van der Waals surface area (Å²) in [6.07, 6.45) is -0.325. The van der Waals surface area contributed by atoms with E-state index in [2.05, 4.69) is 0 Å². The van der Waals surface area contributed by atoms with Crippen molar-refractivity contribution in [2.75, 3.05) is 27.4 Å². The van der Waals surface area contributed by atoms with Gasteiger partial charge in [-0.3, -0.25) is 4.79 Å². The number of phenols is 2. The fourth-order valence-corrected chi connectivity index (χ4v) is 3.57. The topological polar surface area (TPSA) is 146 Å². The Kier molecular flexibility index (Phi) is 8.09. The van der Waals surface area contributed by atoms with Gasteiger partial charge >= 0.3 is 0 Å². The van der Waals surface area contributed by atoms with Crippen molar-refractivity contribution in [3.8, 4) is 23.0 Å². The number of aliphatic hydroxyl groups excluding tert-OH is 1. The predicted octanol–water partition coefficient (Wildman–Crippen LogP) is 1.86. The first kappa shape index (κ1) is 24.3. The van der Waals surface area contributed by atoms with Crippen molar-refractivity contribution < 1.29 is 44.5 Å². The molecule has 31 heavy (non-hydrogen) atoms. The molecule has 0 amide bonds. The maximum absolute atomic E-state index is 11.2. The molecule has 3 rings (SSSR count). The number of hydrogen-bond acceptors (Lipinski definition) is 8. The normalized spacial score (nSPS) is 22.4. The van der Waals surface area contributed by atoms with Crippen LogP contribution in [0.2, 0.25) is 0 Å². The van der Waals surface area contributed by atoms with E-state index < -0.39 is 23.6 Å². The molecule has 1 heterocycles. The van der Waals surface area contributed by atoms with E-state index in [9.17, 15) is 20.4 Å². The van der Waals surface area contributed by atoms with Crippen LogP contribution in [-0.2, 0) is 16.0 Å². The summed E-state index contributed by atoms with van der Waals surface area (Å²) in [5.41, 5.74) is 0.146. The molecule has 3 atom stereocenters. The van der Waals surface area contributed by atoms with Gasteiger partial charge in [-0.2, -0.15) is 0 Å². The van der Waals surface area contributed by atoms with Crippen LogP contribution in [0.25, 0.3) is 0 Å². The predicted molar refractivity (Wildman–Crippen MR) is 111 cm³/mol. The molecule has 2 aromatic rings. The van der Waals surface area contributed by atoms with Crippen molar-refractivity contribution in [2.45, 2.75) is 25.0 Å². The van der Waals surface area contributed by atoms with E-state index in [0.717, 1.165) is 12.5 Å². The molecule has 1 aliphatic rings. The molecule has 0 spiro atoms. The van der Waals surface area contributed by atoms with Crippen LogP contribution >= 0.6 is 0 Å². The van der Waals surface area contributed by atoms with Gasteiger partial charge in [0.25, 0.3) is 5.97 Å². The van der Waals surface area contributed by atoms with Crippen LogP contribution in [0.5, 0.6) is 23.0 Å². The van der Waals surface area contributed by atoms with Crippen LogP contribution in [0, 0.1) is 5.92 Å². The zero-order valence-corrected chi connectivity index (χ0v) is 17.6. The quantitative estimate of drug-likeness (QED) is 0.458. The van der Waals surface area contributed by atoms with Gasteiger partial charge in [0.15, 0.2) is 23.0 Å². The van der Waals surface area contributed by atoms with Crippen LogP contribution in [0.15, 0.2) is 36.4 Å². The fraction of sp³-hybridized carbons (Fsp3) is 0.409. The molecule has 9 heteroatoms. The minimum absolute atomic E-state index is 0.00578. The average molecular weight is 436 g/mol. The van der Waals surface area contributed by atoms with Crippen molar-refractivity contribution >= 4 is 5.97 Å². The molecule has 5 N–H and O–H groups in total. The number of carboxylic acids is 1. The Morgan fingerprint density at radius 3 is 2.19 bits per heavy atom. The highest BCUT2D eigenvalue weighted by atomic mass is 16.5. The number of rotatable bonds is 6. The van der Waals surface area contributed by atoms with Gasteiger partial charge < -0.3 is 39.7 Å². The average Bonchev–Trinajstić information content (AvgIpc) is 3.05. The van der Waals surface area contributed by atoms with Crippen LogP contribution < -0.4 is 9.47 Å². The SMILES string of the molecule is CC(=O)O.COc1cc(C[C@@]2(O)CO[C@H](c3ccc(O)c(OC)c3)[C@H]2CO)ccc1O. The molecule has 0 radical (unpaired) electrons. The van der Waals surface area contributed by atoms with E-state index in [4.69, 9.17) is 24.1 Å². The molecule has 1 aliphatic heterocycles. The molecular formula is C22H28O9. The monoisotopic (exact) mass is 436 g/mol. The molecule has 1 saturated heterocycles. The van der Waals surface area contributed by atoms with Crippen molar-refractivity contribution in [1.82, 2.24) is 0 Å². The number of ether oxygens (including phenoxy) is 3. The van der Waals surface area contributed by atoms with Crippen LogP contribution in [0.1, 0.15) is 24.2 Å². The third-order valence-corrected chi connectivity index (χ3v) is 5.05. The van der Waals surface area contributed by atoms with Gasteiger partial charge in [-0.25, -0.2) is 0 Å². The number of aliphatic carboxylic acids is 1. The first-order valence-corrected chi connectivity index (χ1v) is 9.52. The Bertz CT molecular complexity index is 895. The van der Waals surface area contributed by atoms with E-state index >= 15 is 0 Å². The Labute approximate surface area is 180 Å². The van der Waals surface area contributed by atoms with Crippen LogP contribution in [-0.4, -0.2) is 64.5 Å². The number of benzene rings is 2. The summed E-state index contributed by atoms with van der Waals surface area (Å²) in [6.45, 7) is 0.842. The number of aromatic hydroxyl groups is 2. The van der Waals surface area contributed by atoms with E-state index in [1.807, 2.05) is 0 Å². The standard InChI is InChI=1S/C20H24O7.C2H4O2/c1-25-17-7-12(3-5-15(17)22)9-20(24)11-27-19(14(20)10-21)13-4-6-16(23)18(8-13)26-2;1-2(3)4/h3-8,14,19,21-24H,9-11H2,1-2H3;1H3,(H,3,4)/t14-,19-,20-;/m1./s1. The highest BCUT2D eigenvalue weighted by Crippen LogP contribution is 2.44. The summed E-state index contributed by atoms with van der Waals surface area (Å²) in [6, 6.07) is 9.66. The number of carboxylic acid groups (broad SMARTS) is 1. The molecule has 9 nitrogen and oxygen atoms in total. The summed E-state index contributed by atoms with van der Waals surface area (Å²) >= 11 is 0. The van der Waals surface area contributed by atoms with Gasteiger partial charge in [-0.15, -0.1) is 0 Å². The van der Waals surface area contributed by atoms with Crippen molar-refractivity contribution in [3.05, 3.63) is 47.5 Å². The second-order valence-corrected chi connectivity index (χ2v) is 7.26. The van der Waals surface area contributed by atoms with Gasteiger partial charge in [0, 0.05) is 19.3 Å². The second kappa shape index (κ2) is 10.3. The van der Waals surface area contributed by atoms with Gasteiger partial charge in [-0.05, 0) is 35.4 Å². The van der Waals surface area contributed by atoms with E-state index in [0.29, 0.717) is 17.1 Å². The maximum Gasteiger partial charge on any atom is 0.300 e. The molecule has 0 saturated carbocycles. The zero-order chi connectivity index (χ0) is 23.2. The first-order chi connectivity index (χ1) is 14.6. The summed E-state index contributed by atoms with van der Waals surface area (Å²) in [4.78, 5) is 9.00. The Morgan fingerprint density at radius 2 is 1.65 bits per heavy atom. The molecule has 170 valence electrons.